The highest BCUT2D eigenvalue weighted by molar-refractivity contribution is 7.71. The first-order chi connectivity index (χ1) is 9.58. The van der Waals surface area contributed by atoms with E-state index < -0.39 is 0 Å². The molecule has 0 amide bonds. The molecule has 1 atom stereocenters. The Morgan fingerprint density at radius 3 is 2.70 bits per heavy atom. The van der Waals surface area contributed by atoms with E-state index in [9.17, 15) is 0 Å². The van der Waals surface area contributed by atoms with Gasteiger partial charge in [0, 0.05) is 5.02 Å². The van der Waals surface area contributed by atoms with E-state index in [0.29, 0.717) is 0 Å². The lowest BCUT2D eigenvalue weighted by Gasteiger charge is -2.15. The van der Waals surface area contributed by atoms with Crippen LogP contribution in [0.4, 0.5) is 0 Å². The van der Waals surface area contributed by atoms with Crippen molar-refractivity contribution in [3.8, 4) is 0 Å². The van der Waals surface area contributed by atoms with E-state index in [1.807, 2.05) is 18.2 Å². The Hall–Kier alpha value is -1.58. The van der Waals surface area contributed by atoms with Gasteiger partial charge in [-0.2, -0.15) is 0 Å². The largest absolute Gasteiger partial charge is 0.330 e. The molecule has 0 aliphatic heterocycles. The second-order valence-corrected chi connectivity index (χ2v) is 5.82. The SMILES string of the molecule is Cc1cccc2c1[nH]c(=S)n2C(C)c1cccc(Cl)c1. The van der Waals surface area contributed by atoms with Crippen molar-refractivity contribution in [2.75, 3.05) is 0 Å². The highest BCUT2D eigenvalue weighted by Gasteiger charge is 2.14. The average Bonchev–Trinajstić information content (AvgIpc) is 2.76. The molecule has 0 aliphatic rings. The fourth-order valence-electron chi connectivity index (χ4n) is 2.59. The van der Waals surface area contributed by atoms with Crippen LogP contribution in [0, 0.1) is 11.7 Å². The van der Waals surface area contributed by atoms with E-state index in [1.54, 1.807) is 0 Å². The normalized spacial score (nSPS) is 12.8. The van der Waals surface area contributed by atoms with Gasteiger partial charge in [0.05, 0.1) is 17.1 Å². The summed E-state index contributed by atoms with van der Waals surface area (Å²) in [6, 6.07) is 14.3. The molecule has 0 saturated carbocycles. The molecule has 0 radical (unpaired) electrons. The van der Waals surface area contributed by atoms with Crippen LogP contribution in [0.5, 0.6) is 0 Å². The third kappa shape index (κ3) is 2.17. The summed E-state index contributed by atoms with van der Waals surface area (Å²) >= 11 is 11.6. The summed E-state index contributed by atoms with van der Waals surface area (Å²) < 4.78 is 2.88. The van der Waals surface area contributed by atoms with Gasteiger partial charge in [0.25, 0.3) is 0 Å². The van der Waals surface area contributed by atoms with Crippen molar-refractivity contribution in [3.63, 3.8) is 0 Å². The van der Waals surface area contributed by atoms with Crippen molar-refractivity contribution in [2.45, 2.75) is 19.9 Å². The highest BCUT2D eigenvalue weighted by atomic mass is 35.5. The Morgan fingerprint density at radius 2 is 1.95 bits per heavy atom. The summed E-state index contributed by atoms with van der Waals surface area (Å²) in [5, 5.41) is 0.747. The zero-order valence-electron chi connectivity index (χ0n) is 11.4. The van der Waals surface area contributed by atoms with Gasteiger partial charge in [0.2, 0.25) is 0 Å². The molecule has 0 aliphatic carbocycles. The molecule has 1 heterocycles. The summed E-state index contributed by atoms with van der Waals surface area (Å²) in [5.41, 5.74) is 4.58. The van der Waals surface area contributed by atoms with Gasteiger partial charge in [0.15, 0.2) is 4.77 Å². The van der Waals surface area contributed by atoms with Gasteiger partial charge >= 0.3 is 0 Å². The van der Waals surface area contributed by atoms with Crippen LogP contribution in [-0.2, 0) is 0 Å². The predicted molar refractivity (Wildman–Crippen MR) is 87.1 cm³/mol. The number of halogens is 1. The summed E-state index contributed by atoms with van der Waals surface area (Å²) in [6.45, 7) is 4.22. The second kappa shape index (κ2) is 5.08. The predicted octanol–water partition coefficient (Wildman–Crippen LogP) is 5.27. The maximum atomic E-state index is 6.09. The molecule has 102 valence electrons. The summed E-state index contributed by atoms with van der Waals surface area (Å²) in [7, 11) is 0. The molecular weight excluding hydrogens is 288 g/mol. The summed E-state index contributed by atoms with van der Waals surface area (Å²) in [5.74, 6) is 0. The lowest BCUT2D eigenvalue weighted by Crippen LogP contribution is -2.06. The molecule has 1 aromatic heterocycles. The molecule has 20 heavy (non-hydrogen) atoms. The van der Waals surface area contributed by atoms with Gasteiger partial charge in [-0.05, 0) is 55.4 Å². The van der Waals surface area contributed by atoms with E-state index in [0.717, 1.165) is 26.4 Å². The number of hydrogen-bond donors (Lipinski definition) is 1. The minimum Gasteiger partial charge on any atom is -0.330 e. The Morgan fingerprint density at radius 1 is 1.20 bits per heavy atom. The number of nitrogens with zero attached hydrogens (tertiary/aromatic N) is 1. The second-order valence-electron chi connectivity index (χ2n) is 5.00. The minimum absolute atomic E-state index is 0.136. The molecular formula is C16H15ClN2S. The van der Waals surface area contributed by atoms with E-state index in [4.69, 9.17) is 23.8 Å². The van der Waals surface area contributed by atoms with Crippen molar-refractivity contribution < 1.29 is 0 Å². The zero-order valence-corrected chi connectivity index (χ0v) is 12.9. The average molecular weight is 303 g/mol. The molecule has 1 N–H and O–H groups in total. The van der Waals surface area contributed by atoms with Gasteiger partial charge in [-0.3, -0.25) is 0 Å². The Balaban J connectivity index is 2.22. The number of aryl methyl sites for hydroxylation is 1. The molecule has 4 heteroatoms. The van der Waals surface area contributed by atoms with E-state index in [2.05, 4.69) is 47.7 Å². The van der Waals surface area contributed by atoms with Gasteiger partial charge in [-0.25, -0.2) is 0 Å². The number of H-pyrrole nitrogens is 1. The number of imidazole rings is 1. The number of nitrogens with one attached hydrogen (secondary N) is 1. The van der Waals surface area contributed by atoms with Gasteiger partial charge in [-0.1, -0.05) is 35.9 Å². The van der Waals surface area contributed by atoms with Gasteiger partial charge < -0.3 is 9.55 Å². The third-order valence-corrected chi connectivity index (χ3v) is 4.21. The van der Waals surface area contributed by atoms with Crippen molar-refractivity contribution in [3.05, 3.63) is 63.4 Å². The molecule has 2 aromatic carbocycles. The first-order valence-electron chi connectivity index (χ1n) is 6.53. The third-order valence-electron chi connectivity index (χ3n) is 3.68. The quantitative estimate of drug-likeness (QED) is 0.640. The Kier molecular flexibility index (Phi) is 3.40. The van der Waals surface area contributed by atoms with Crippen LogP contribution in [0.2, 0.25) is 5.02 Å². The number of hydrogen-bond acceptors (Lipinski definition) is 1. The van der Waals surface area contributed by atoms with Crippen LogP contribution in [0.3, 0.4) is 0 Å². The van der Waals surface area contributed by atoms with Crippen LogP contribution >= 0.6 is 23.8 Å². The highest BCUT2D eigenvalue weighted by Crippen LogP contribution is 2.27. The summed E-state index contributed by atoms with van der Waals surface area (Å²) in [6.07, 6.45) is 0. The van der Waals surface area contributed by atoms with Crippen LogP contribution in [-0.4, -0.2) is 9.55 Å². The van der Waals surface area contributed by atoms with Gasteiger partial charge in [-0.15, -0.1) is 0 Å². The minimum atomic E-state index is 0.136. The molecule has 0 fully saturated rings. The lowest BCUT2D eigenvalue weighted by molar-refractivity contribution is 0.649. The monoisotopic (exact) mass is 302 g/mol. The van der Waals surface area contributed by atoms with Crippen LogP contribution in [0.1, 0.15) is 24.1 Å². The fraction of sp³-hybridized carbons (Fsp3) is 0.188. The maximum absolute atomic E-state index is 6.09. The number of rotatable bonds is 2. The van der Waals surface area contributed by atoms with Crippen molar-refractivity contribution >= 4 is 34.9 Å². The molecule has 3 aromatic rings. The topological polar surface area (TPSA) is 20.7 Å². The number of fused-ring (bicyclic) bond motifs is 1. The van der Waals surface area contributed by atoms with E-state index in [-0.39, 0.29) is 6.04 Å². The number of aromatic nitrogens is 2. The van der Waals surface area contributed by atoms with Crippen molar-refractivity contribution in [2.24, 2.45) is 0 Å². The Bertz CT molecular complexity index is 832. The van der Waals surface area contributed by atoms with Crippen LogP contribution in [0.15, 0.2) is 42.5 Å². The Labute approximate surface area is 128 Å². The van der Waals surface area contributed by atoms with E-state index >= 15 is 0 Å². The molecule has 1 unspecified atom stereocenters. The molecule has 0 saturated heterocycles. The summed E-state index contributed by atoms with van der Waals surface area (Å²) in [4.78, 5) is 3.31. The fourth-order valence-corrected chi connectivity index (χ4v) is 3.15. The van der Waals surface area contributed by atoms with Gasteiger partial charge in [0.1, 0.15) is 0 Å². The first kappa shape index (κ1) is 13.4. The first-order valence-corrected chi connectivity index (χ1v) is 7.32. The lowest BCUT2D eigenvalue weighted by atomic mass is 10.1. The maximum Gasteiger partial charge on any atom is 0.178 e. The van der Waals surface area contributed by atoms with Crippen LogP contribution in [0.25, 0.3) is 11.0 Å². The molecule has 2 nitrogen and oxygen atoms in total. The molecule has 0 spiro atoms. The number of benzene rings is 2. The van der Waals surface area contributed by atoms with Crippen molar-refractivity contribution in [1.29, 1.82) is 0 Å². The zero-order chi connectivity index (χ0) is 14.3. The standard InChI is InChI=1S/C16H15ClN2S/c1-10-5-3-8-14-15(10)18-16(20)19(14)11(2)12-6-4-7-13(17)9-12/h3-9,11H,1-2H3,(H,18,20). The van der Waals surface area contributed by atoms with Crippen molar-refractivity contribution in [1.82, 2.24) is 9.55 Å². The number of para-hydroxylation sites is 1. The molecule has 3 rings (SSSR count). The smallest absolute Gasteiger partial charge is 0.178 e. The number of aromatic amines is 1. The van der Waals surface area contributed by atoms with Crippen LogP contribution < -0.4 is 0 Å². The van der Waals surface area contributed by atoms with E-state index in [1.165, 1.54) is 5.56 Å². The molecule has 0 bridgehead atoms.